The topological polar surface area (TPSA) is 57.5 Å². The molecule has 0 aliphatic carbocycles. The van der Waals surface area contributed by atoms with Crippen LogP contribution < -0.4 is 0 Å². The van der Waals surface area contributed by atoms with Gasteiger partial charge in [-0.05, 0) is 33.6 Å². The van der Waals surface area contributed by atoms with Crippen LogP contribution in [0.2, 0.25) is 5.02 Å². The van der Waals surface area contributed by atoms with Crippen LogP contribution >= 0.6 is 27.5 Å². The summed E-state index contributed by atoms with van der Waals surface area (Å²) in [6.45, 7) is -0.211. The molecule has 0 unspecified atom stereocenters. The monoisotopic (exact) mass is 264 g/mol. The Morgan fingerprint density at radius 2 is 2.15 bits per heavy atom. The van der Waals surface area contributed by atoms with Crippen molar-refractivity contribution >= 4 is 33.5 Å². The molecule has 0 saturated carbocycles. The molecule has 0 aliphatic heterocycles. The van der Waals surface area contributed by atoms with E-state index in [0.29, 0.717) is 10.0 Å². The second-order valence-electron chi connectivity index (χ2n) is 2.39. The minimum absolute atomic E-state index is 0.0854. The van der Waals surface area contributed by atoms with Crippen molar-refractivity contribution in [3.05, 3.63) is 32.8 Å². The third-order valence-electron chi connectivity index (χ3n) is 1.54. The summed E-state index contributed by atoms with van der Waals surface area (Å²) in [7, 11) is 0. The molecule has 0 radical (unpaired) electrons. The summed E-state index contributed by atoms with van der Waals surface area (Å²) in [4.78, 5) is 10.6. The number of halogens is 2. The first kappa shape index (κ1) is 10.5. The van der Waals surface area contributed by atoms with Gasteiger partial charge in [0.25, 0.3) is 0 Å². The number of carboxylic acids is 1. The average Bonchev–Trinajstić information content (AvgIpc) is 2.07. The normalized spacial score (nSPS) is 10.1. The third-order valence-corrected chi connectivity index (χ3v) is 2.54. The maximum absolute atomic E-state index is 10.6. The second kappa shape index (κ2) is 4.09. The number of carbonyl (C=O) groups is 1. The molecule has 0 amide bonds. The number of carboxylic acid groups (broad SMARTS) is 1. The Morgan fingerprint density at radius 1 is 1.54 bits per heavy atom. The van der Waals surface area contributed by atoms with E-state index in [1.54, 1.807) is 0 Å². The lowest BCUT2D eigenvalue weighted by Crippen LogP contribution is -1.99. The van der Waals surface area contributed by atoms with Crippen molar-refractivity contribution in [1.29, 1.82) is 0 Å². The fourth-order valence-corrected chi connectivity index (χ4v) is 1.66. The van der Waals surface area contributed by atoms with Crippen LogP contribution in [0.4, 0.5) is 0 Å². The Bertz CT molecular complexity index is 351. The first-order valence-corrected chi connectivity index (χ1v) is 4.55. The van der Waals surface area contributed by atoms with Gasteiger partial charge in [-0.15, -0.1) is 0 Å². The number of aromatic carboxylic acids is 1. The minimum Gasteiger partial charge on any atom is -0.478 e. The van der Waals surface area contributed by atoms with Crippen molar-refractivity contribution in [3.8, 4) is 0 Å². The van der Waals surface area contributed by atoms with Crippen LogP contribution in [0.25, 0.3) is 0 Å². The molecular weight excluding hydrogens is 259 g/mol. The highest BCUT2D eigenvalue weighted by Crippen LogP contribution is 2.25. The fraction of sp³-hybridized carbons (Fsp3) is 0.125. The zero-order valence-electron chi connectivity index (χ0n) is 6.42. The van der Waals surface area contributed by atoms with Crippen LogP contribution in [0.3, 0.4) is 0 Å². The van der Waals surface area contributed by atoms with Gasteiger partial charge in [0, 0.05) is 9.50 Å². The molecule has 5 heteroatoms. The molecule has 0 atom stereocenters. The van der Waals surface area contributed by atoms with Gasteiger partial charge < -0.3 is 10.2 Å². The Balaban J connectivity index is 3.28. The quantitative estimate of drug-likeness (QED) is 0.862. The van der Waals surface area contributed by atoms with Crippen LogP contribution in [-0.2, 0) is 6.61 Å². The summed E-state index contributed by atoms with van der Waals surface area (Å²) >= 11 is 8.77. The van der Waals surface area contributed by atoms with Crippen molar-refractivity contribution in [3.63, 3.8) is 0 Å². The van der Waals surface area contributed by atoms with Crippen LogP contribution in [0.1, 0.15) is 15.9 Å². The van der Waals surface area contributed by atoms with E-state index in [1.165, 1.54) is 12.1 Å². The van der Waals surface area contributed by atoms with Gasteiger partial charge in [-0.1, -0.05) is 11.6 Å². The minimum atomic E-state index is -1.06. The van der Waals surface area contributed by atoms with E-state index in [4.69, 9.17) is 21.8 Å². The summed E-state index contributed by atoms with van der Waals surface area (Å²) in [5.74, 6) is -1.06. The van der Waals surface area contributed by atoms with Crippen molar-refractivity contribution < 1.29 is 15.0 Å². The summed E-state index contributed by atoms with van der Waals surface area (Å²) in [6, 6.07) is 2.80. The number of benzene rings is 1. The van der Waals surface area contributed by atoms with Gasteiger partial charge in [-0.3, -0.25) is 0 Å². The maximum Gasteiger partial charge on any atom is 0.336 e. The highest BCUT2D eigenvalue weighted by molar-refractivity contribution is 9.10. The predicted molar refractivity (Wildman–Crippen MR) is 52.0 cm³/mol. The van der Waals surface area contributed by atoms with Crippen molar-refractivity contribution in [2.75, 3.05) is 0 Å². The summed E-state index contributed by atoms with van der Waals surface area (Å²) in [5.41, 5.74) is 0.584. The Kier molecular flexibility index (Phi) is 3.30. The molecule has 3 nitrogen and oxygen atoms in total. The van der Waals surface area contributed by atoms with Gasteiger partial charge in [-0.2, -0.15) is 0 Å². The lowest BCUT2D eigenvalue weighted by molar-refractivity contribution is 0.0696. The molecule has 1 rings (SSSR count). The van der Waals surface area contributed by atoms with Crippen molar-refractivity contribution in [2.24, 2.45) is 0 Å². The number of aliphatic hydroxyl groups excluding tert-OH is 1. The lowest BCUT2D eigenvalue weighted by Gasteiger charge is -2.04. The molecule has 70 valence electrons. The molecule has 1 aromatic rings. The van der Waals surface area contributed by atoms with Gasteiger partial charge in [-0.25, -0.2) is 4.79 Å². The molecule has 0 spiro atoms. The largest absolute Gasteiger partial charge is 0.478 e. The van der Waals surface area contributed by atoms with Gasteiger partial charge >= 0.3 is 5.97 Å². The first-order chi connectivity index (χ1) is 6.06. The number of hydrogen-bond acceptors (Lipinski definition) is 2. The molecule has 0 bridgehead atoms. The third kappa shape index (κ3) is 2.21. The zero-order valence-corrected chi connectivity index (χ0v) is 8.76. The molecule has 2 N–H and O–H groups in total. The lowest BCUT2D eigenvalue weighted by atomic mass is 10.1. The van der Waals surface area contributed by atoms with E-state index in [-0.39, 0.29) is 17.2 Å². The van der Waals surface area contributed by atoms with Crippen molar-refractivity contribution in [2.45, 2.75) is 6.61 Å². The van der Waals surface area contributed by atoms with Crippen LogP contribution in [0.5, 0.6) is 0 Å². The Hall–Kier alpha value is -0.580. The summed E-state index contributed by atoms with van der Waals surface area (Å²) in [6.07, 6.45) is 0. The average molecular weight is 265 g/mol. The smallest absolute Gasteiger partial charge is 0.336 e. The molecule has 0 saturated heterocycles. The summed E-state index contributed by atoms with van der Waals surface area (Å²) < 4.78 is 0.411. The van der Waals surface area contributed by atoms with Crippen LogP contribution in [-0.4, -0.2) is 16.2 Å². The highest BCUT2D eigenvalue weighted by Gasteiger charge is 2.11. The molecule has 0 aromatic heterocycles. The van der Waals surface area contributed by atoms with Gasteiger partial charge in [0.15, 0.2) is 0 Å². The van der Waals surface area contributed by atoms with E-state index in [2.05, 4.69) is 15.9 Å². The fourth-order valence-electron chi connectivity index (χ4n) is 0.873. The molecular formula is C8H6BrClO3. The van der Waals surface area contributed by atoms with E-state index in [1.807, 2.05) is 0 Å². The second-order valence-corrected chi connectivity index (χ2v) is 3.65. The first-order valence-electron chi connectivity index (χ1n) is 3.38. The predicted octanol–water partition coefficient (Wildman–Crippen LogP) is 2.29. The van der Waals surface area contributed by atoms with Crippen molar-refractivity contribution in [1.82, 2.24) is 0 Å². The van der Waals surface area contributed by atoms with Gasteiger partial charge in [0.2, 0.25) is 0 Å². The molecule has 13 heavy (non-hydrogen) atoms. The standard InChI is InChI=1S/C8H6BrClO3/c9-6-1-4(3-11)7(10)2-5(6)8(12)13/h1-2,11H,3H2,(H,12,13). The maximum atomic E-state index is 10.6. The molecule has 0 heterocycles. The van der Waals surface area contributed by atoms with E-state index in [9.17, 15) is 4.79 Å². The Labute approximate surface area is 88.1 Å². The highest BCUT2D eigenvalue weighted by atomic mass is 79.9. The SMILES string of the molecule is O=C(O)c1cc(Cl)c(CO)cc1Br. The number of hydrogen-bond donors (Lipinski definition) is 2. The van der Waals surface area contributed by atoms with Crippen LogP contribution in [0, 0.1) is 0 Å². The van der Waals surface area contributed by atoms with E-state index in [0.717, 1.165) is 0 Å². The zero-order chi connectivity index (χ0) is 10.0. The Morgan fingerprint density at radius 3 is 2.62 bits per heavy atom. The number of rotatable bonds is 2. The molecule has 0 fully saturated rings. The van der Waals surface area contributed by atoms with Gasteiger partial charge in [0.05, 0.1) is 12.2 Å². The van der Waals surface area contributed by atoms with Crippen LogP contribution in [0.15, 0.2) is 16.6 Å². The summed E-state index contributed by atoms with van der Waals surface area (Å²) in [5, 5.41) is 17.8. The van der Waals surface area contributed by atoms with E-state index < -0.39 is 5.97 Å². The van der Waals surface area contributed by atoms with E-state index >= 15 is 0 Å². The van der Waals surface area contributed by atoms with Gasteiger partial charge in [0.1, 0.15) is 0 Å². The number of aliphatic hydroxyl groups is 1. The molecule has 1 aromatic carbocycles. The molecule has 0 aliphatic rings.